The average molecular weight is 367 g/mol. The molecule has 3 aromatic heterocycles. The van der Waals surface area contributed by atoms with Gasteiger partial charge in [0.15, 0.2) is 0 Å². The number of para-hydroxylation sites is 1. The van der Waals surface area contributed by atoms with E-state index >= 15 is 0 Å². The fourth-order valence-electron chi connectivity index (χ4n) is 3.20. The number of imidazole rings is 1. The number of aliphatic hydroxyl groups is 1. The van der Waals surface area contributed by atoms with Crippen LogP contribution in [0.4, 0.5) is 0 Å². The second-order valence-corrected chi connectivity index (χ2v) is 7.66. The van der Waals surface area contributed by atoms with Gasteiger partial charge in [-0.1, -0.05) is 23.4 Å². The van der Waals surface area contributed by atoms with Gasteiger partial charge >= 0.3 is 0 Å². The molecule has 2 N–H and O–H groups in total. The molecule has 0 amide bonds. The van der Waals surface area contributed by atoms with Crippen molar-refractivity contribution in [3.05, 3.63) is 64.8 Å². The Hall–Kier alpha value is -2.71. The maximum absolute atomic E-state index is 11.0. The van der Waals surface area contributed by atoms with Crippen LogP contribution in [-0.4, -0.2) is 34.6 Å². The number of phenolic OH excluding ortho intramolecular Hbond substituents is 1. The number of aliphatic hydroxyl groups excluding tert-OH is 1. The molecule has 26 heavy (non-hydrogen) atoms. The van der Waals surface area contributed by atoms with Gasteiger partial charge in [-0.3, -0.25) is 4.40 Å². The second kappa shape index (κ2) is 5.93. The Bertz CT molecular complexity index is 1080. The number of aromatic hydroxyl groups is 1. The minimum atomic E-state index is -0.855. The molecule has 8 heteroatoms. The lowest BCUT2D eigenvalue weighted by Crippen LogP contribution is -2.06. The molecule has 0 aliphatic heterocycles. The van der Waals surface area contributed by atoms with Crippen molar-refractivity contribution in [2.45, 2.75) is 31.4 Å². The molecule has 132 valence electrons. The summed E-state index contributed by atoms with van der Waals surface area (Å²) in [6.07, 6.45) is 6.76. The second-order valence-electron chi connectivity index (χ2n) is 6.60. The molecule has 0 saturated heterocycles. The van der Waals surface area contributed by atoms with E-state index in [0.717, 1.165) is 28.9 Å². The van der Waals surface area contributed by atoms with Gasteiger partial charge in [-0.2, -0.15) is 0 Å². The molecule has 0 radical (unpaired) electrons. The van der Waals surface area contributed by atoms with E-state index in [0.29, 0.717) is 18.2 Å². The smallest absolute Gasteiger partial charge is 0.141 e. The molecule has 4 aromatic rings. The van der Waals surface area contributed by atoms with E-state index in [-0.39, 0.29) is 5.75 Å². The molecule has 1 aliphatic rings. The summed E-state index contributed by atoms with van der Waals surface area (Å²) >= 11 is 1.69. The van der Waals surface area contributed by atoms with Gasteiger partial charge in [0.25, 0.3) is 0 Å². The molecule has 5 rings (SSSR count). The largest absolute Gasteiger partial charge is 0.508 e. The lowest BCUT2D eigenvalue weighted by atomic mass is 10.1. The lowest BCUT2D eigenvalue weighted by molar-refractivity contribution is 0.208. The number of hydrogen-bond acceptors (Lipinski definition) is 6. The van der Waals surface area contributed by atoms with E-state index in [1.54, 1.807) is 40.7 Å². The molecule has 1 atom stereocenters. The number of rotatable bonds is 5. The van der Waals surface area contributed by atoms with Gasteiger partial charge in [-0.05, 0) is 24.8 Å². The van der Waals surface area contributed by atoms with Crippen LogP contribution >= 0.6 is 11.3 Å². The zero-order valence-corrected chi connectivity index (χ0v) is 14.7. The third-order valence-electron chi connectivity index (χ3n) is 4.70. The van der Waals surface area contributed by atoms with Crippen molar-refractivity contribution in [3.8, 4) is 5.75 Å². The van der Waals surface area contributed by atoms with Crippen molar-refractivity contribution in [2.75, 3.05) is 0 Å². The van der Waals surface area contributed by atoms with Crippen LogP contribution in [0, 0.1) is 0 Å². The summed E-state index contributed by atoms with van der Waals surface area (Å²) in [5.74, 6) is 0.750. The van der Waals surface area contributed by atoms with Crippen molar-refractivity contribution in [2.24, 2.45) is 0 Å². The van der Waals surface area contributed by atoms with E-state index in [4.69, 9.17) is 0 Å². The first-order chi connectivity index (χ1) is 12.7. The number of aromatic nitrogens is 5. The molecule has 3 heterocycles. The summed E-state index contributed by atoms with van der Waals surface area (Å²) in [5, 5.41) is 29.2. The monoisotopic (exact) mass is 367 g/mol. The standard InChI is InChI=1S/C18H17N5O2S/c24-14-4-2-1-3-12(14)8-22-9-13(20-21-22)17(25)16-18(11-5-6-11)26-15-7-19-10-23(15)16/h1-4,7,9-11,17,24-25H,5-6,8H2. The Kier molecular flexibility index (Phi) is 3.54. The van der Waals surface area contributed by atoms with Gasteiger partial charge in [-0.25, -0.2) is 9.67 Å². The Balaban J connectivity index is 1.47. The first-order valence-electron chi connectivity index (χ1n) is 8.50. The molecule has 1 unspecified atom stereocenters. The van der Waals surface area contributed by atoms with Crippen LogP contribution in [0.5, 0.6) is 5.75 Å². The first kappa shape index (κ1) is 15.5. The molecule has 1 aliphatic carbocycles. The summed E-state index contributed by atoms with van der Waals surface area (Å²) in [5.41, 5.74) is 2.10. The fourth-order valence-corrected chi connectivity index (χ4v) is 4.50. The minimum Gasteiger partial charge on any atom is -0.508 e. The zero-order chi connectivity index (χ0) is 17.7. The van der Waals surface area contributed by atoms with Crippen LogP contribution in [0.2, 0.25) is 0 Å². The van der Waals surface area contributed by atoms with Gasteiger partial charge < -0.3 is 10.2 Å². The predicted molar refractivity (Wildman–Crippen MR) is 96.3 cm³/mol. The maximum Gasteiger partial charge on any atom is 0.141 e. The number of hydrogen-bond donors (Lipinski definition) is 2. The van der Waals surface area contributed by atoms with Crippen molar-refractivity contribution < 1.29 is 10.2 Å². The Morgan fingerprint density at radius 3 is 2.92 bits per heavy atom. The zero-order valence-electron chi connectivity index (χ0n) is 13.9. The summed E-state index contributed by atoms with van der Waals surface area (Å²) in [4.78, 5) is 6.43. The van der Waals surface area contributed by atoms with Gasteiger partial charge in [-0.15, -0.1) is 16.4 Å². The Morgan fingerprint density at radius 1 is 1.27 bits per heavy atom. The predicted octanol–water partition coefficient (Wildman–Crippen LogP) is 2.70. The van der Waals surface area contributed by atoms with Crippen LogP contribution in [0.25, 0.3) is 4.83 Å². The van der Waals surface area contributed by atoms with Crippen LogP contribution in [0.1, 0.15) is 46.7 Å². The molecule has 1 saturated carbocycles. The third kappa shape index (κ3) is 2.58. The highest BCUT2D eigenvalue weighted by atomic mass is 32.1. The number of benzene rings is 1. The van der Waals surface area contributed by atoms with E-state index in [2.05, 4.69) is 15.3 Å². The first-order valence-corrected chi connectivity index (χ1v) is 9.32. The fraction of sp³-hybridized carbons (Fsp3) is 0.278. The highest BCUT2D eigenvalue weighted by molar-refractivity contribution is 7.17. The van der Waals surface area contributed by atoms with Gasteiger partial charge in [0, 0.05) is 10.4 Å². The number of fused-ring (bicyclic) bond motifs is 1. The lowest BCUT2D eigenvalue weighted by Gasteiger charge is -2.09. The molecular weight excluding hydrogens is 350 g/mol. The molecule has 7 nitrogen and oxygen atoms in total. The Morgan fingerprint density at radius 2 is 2.12 bits per heavy atom. The maximum atomic E-state index is 11.0. The number of nitrogens with zero attached hydrogens (tertiary/aromatic N) is 5. The molecule has 1 aromatic carbocycles. The van der Waals surface area contributed by atoms with E-state index < -0.39 is 6.10 Å². The summed E-state index contributed by atoms with van der Waals surface area (Å²) < 4.78 is 3.58. The van der Waals surface area contributed by atoms with Gasteiger partial charge in [0.05, 0.1) is 24.6 Å². The van der Waals surface area contributed by atoms with Crippen LogP contribution in [0.15, 0.2) is 43.0 Å². The number of phenols is 1. The van der Waals surface area contributed by atoms with Crippen LogP contribution < -0.4 is 0 Å². The molecule has 1 fully saturated rings. The van der Waals surface area contributed by atoms with Crippen LogP contribution in [-0.2, 0) is 6.54 Å². The van der Waals surface area contributed by atoms with E-state index in [1.165, 1.54) is 4.88 Å². The van der Waals surface area contributed by atoms with Crippen molar-refractivity contribution in [1.29, 1.82) is 0 Å². The van der Waals surface area contributed by atoms with Crippen LogP contribution in [0.3, 0.4) is 0 Å². The van der Waals surface area contributed by atoms with E-state index in [1.807, 2.05) is 22.7 Å². The topological polar surface area (TPSA) is 88.5 Å². The van der Waals surface area contributed by atoms with Crippen molar-refractivity contribution in [1.82, 2.24) is 24.4 Å². The SMILES string of the molecule is Oc1ccccc1Cn1cc(C(O)c2c(C3CC3)sc3cncn23)nn1. The highest BCUT2D eigenvalue weighted by Gasteiger charge is 2.33. The quantitative estimate of drug-likeness (QED) is 0.566. The summed E-state index contributed by atoms with van der Waals surface area (Å²) in [6.45, 7) is 0.395. The third-order valence-corrected chi connectivity index (χ3v) is 5.97. The highest BCUT2D eigenvalue weighted by Crippen LogP contribution is 2.47. The number of thiazole rings is 1. The molecule has 0 bridgehead atoms. The Labute approximate surface area is 153 Å². The minimum absolute atomic E-state index is 0.221. The van der Waals surface area contributed by atoms with Gasteiger partial charge in [0.2, 0.25) is 0 Å². The average Bonchev–Trinajstić information content (AvgIpc) is 3.05. The van der Waals surface area contributed by atoms with E-state index in [9.17, 15) is 10.2 Å². The summed E-state index contributed by atoms with van der Waals surface area (Å²) in [7, 11) is 0. The van der Waals surface area contributed by atoms with Crippen molar-refractivity contribution in [3.63, 3.8) is 0 Å². The molecular formula is C18H17N5O2S. The summed E-state index contributed by atoms with van der Waals surface area (Å²) in [6, 6.07) is 7.13. The molecule has 0 spiro atoms. The normalized spacial score (nSPS) is 15.6. The van der Waals surface area contributed by atoms with Crippen molar-refractivity contribution >= 4 is 16.2 Å². The van der Waals surface area contributed by atoms with Gasteiger partial charge in [0.1, 0.15) is 28.7 Å².